The minimum Gasteiger partial charge on any atom is -0.389 e. The van der Waals surface area contributed by atoms with Crippen molar-refractivity contribution in [1.82, 2.24) is 5.32 Å². The fourth-order valence-corrected chi connectivity index (χ4v) is 5.60. The van der Waals surface area contributed by atoms with Gasteiger partial charge >= 0.3 is 0 Å². The monoisotopic (exact) mass is 295 g/mol. The van der Waals surface area contributed by atoms with Crippen LogP contribution in [0.25, 0.3) is 0 Å². The Balaban J connectivity index is 1.50. The Labute approximate surface area is 129 Å². The van der Waals surface area contributed by atoms with Crippen LogP contribution in [0.5, 0.6) is 0 Å². The molecule has 0 aromatic carbocycles. The second-order valence-electron chi connectivity index (χ2n) is 8.45. The number of nitrogens with one attached hydrogen (secondary N) is 1. The van der Waals surface area contributed by atoms with Gasteiger partial charge in [0.2, 0.25) is 0 Å². The fraction of sp³-hybridized carbons (Fsp3) is 1.00. The van der Waals surface area contributed by atoms with Crippen molar-refractivity contribution in [2.24, 2.45) is 23.2 Å². The van der Waals surface area contributed by atoms with Crippen molar-refractivity contribution in [3.8, 4) is 0 Å². The molecular weight excluding hydrogens is 262 g/mol. The number of ether oxygens (including phenoxy) is 1. The normalized spacial score (nSPS) is 40.7. The number of rotatable bonds is 7. The first-order valence-electron chi connectivity index (χ1n) is 9.00. The van der Waals surface area contributed by atoms with Gasteiger partial charge in [0, 0.05) is 12.6 Å². The zero-order valence-corrected chi connectivity index (χ0v) is 14.0. The minimum absolute atomic E-state index is 0.195. The molecule has 122 valence electrons. The topological polar surface area (TPSA) is 41.5 Å². The van der Waals surface area contributed by atoms with Crippen LogP contribution in [0.4, 0.5) is 0 Å². The Morgan fingerprint density at radius 2 is 1.57 bits per heavy atom. The first kappa shape index (κ1) is 15.8. The van der Waals surface area contributed by atoms with E-state index in [9.17, 15) is 5.11 Å². The second kappa shape index (κ2) is 6.17. The van der Waals surface area contributed by atoms with E-state index >= 15 is 0 Å². The van der Waals surface area contributed by atoms with E-state index in [1.807, 2.05) is 13.8 Å². The number of hydrogen-bond donors (Lipinski definition) is 2. The largest absolute Gasteiger partial charge is 0.389 e. The average molecular weight is 295 g/mol. The molecule has 0 heterocycles. The fourth-order valence-electron chi connectivity index (χ4n) is 5.60. The van der Waals surface area contributed by atoms with Crippen LogP contribution in [0.1, 0.15) is 59.3 Å². The van der Waals surface area contributed by atoms with Crippen LogP contribution in [-0.2, 0) is 4.74 Å². The standard InChI is InChI=1S/C18H33NO2/c1-12(2)21-11-17(20)10-19-13(3)18-7-14-4-15(8-18)6-16(5-14)9-18/h12-17,19-20H,4-11H2,1-3H3. The van der Waals surface area contributed by atoms with Crippen LogP contribution in [0.2, 0.25) is 0 Å². The highest BCUT2D eigenvalue weighted by Crippen LogP contribution is 2.61. The van der Waals surface area contributed by atoms with Crippen molar-refractivity contribution in [1.29, 1.82) is 0 Å². The van der Waals surface area contributed by atoms with Crippen molar-refractivity contribution < 1.29 is 9.84 Å². The van der Waals surface area contributed by atoms with E-state index in [-0.39, 0.29) is 12.2 Å². The molecule has 0 aromatic rings. The molecule has 2 atom stereocenters. The van der Waals surface area contributed by atoms with Crippen molar-refractivity contribution in [2.75, 3.05) is 13.2 Å². The maximum atomic E-state index is 10.0. The lowest BCUT2D eigenvalue weighted by Gasteiger charge is -2.59. The van der Waals surface area contributed by atoms with E-state index < -0.39 is 0 Å². The molecule has 3 nitrogen and oxygen atoms in total. The highest BCUT2D eigenvalue weighted by Gasteiger charge is 2.52. The van der Waals surface area contributed by atoms with Crippen LogP contribution in [0, 0.1) is 23.2 Å². The highest BCUT2D eigenvalue weighted by atomic mass is 16.5. The summed E-state index contributed by atoms with van der Waals surface area (Å²) in [4.78, 5) is 0. The highest BCUT2D eigenvalue weighted by molar-refractivity contribution is 5.05. The molecule has 2 unspecified atom stereocenters. The molecule has 4 fully saturated rings. The van der Waals surface area contributed by atoms with Gasteiger partial charge in [-0.2, -0.15) is 0 Å². The van der Waals surface area contributed by atoms with Gasteiger partial charge < -0.3 is 15.2 Å². The van der Waals surface area contributed by atoms with Gasteiger partial charge in [-0.05, 0) is 82.5 Å². The molecule has 0 aromatic heterocycles. The third-order valence-corrected chi connectivity index (χ3v) is 6.29. The Morgan fingerprint density at radius 3 is 2.05 bits per heavy atom. The van der Waals surface area contributed by atoms with Crippen LogP contribution in [0.3, 0.4) is 0 Å². The summed E-state index contributed by atoms with van der Waals surface area (Å²) in [6.07, 6.45) is 8.57. The summed E-state index contributed by atoms with van der Waals surface area (Å²) in [5.41, 5.74) is 0.521. The molecule has 0 amide bonds. The molecule has 0 aliphatic heterocycles. The quantitative estimate of drug-likeness (QED) is 0.759. The first-order chi connectivity index (χ1) is 9.97. The summed E-state index contributed by atoms with van der Waals surface area (Å²) in [7, 11) is 0. The van der Waals surface area contributed by atoms with Crippen LogP contribution in [-0.4, -0.2) is 36.5 Å². The van der Waals surface area contributed by atoms with Crippen molar-refractivity contribution in [3.05, 3.63) is 0 Å². The number of aliphatic hydroxyl groups is 1. The summed E-state index contributed by atoms with van der Waals surface area (Å²) in [5, 5.41) is 13.7. The van der Waals surface area contributed by atoms with Gasteiger partial charge in [-0.1, -0.05) is 0 Å². The maximum Gasteiger partial charge on any atom is 0.0897 e. The third-order valence-electron chi connectivity index (χ3n) is 6.29. The SMILES string of the molecule is CC(C)OCC(O)CNC(C)C12CC3CC(CC(C3)C1)C2. The van der Waals surface area contributed by atoms with Gasteiger partial charge in [0.25, 0.3) is 0 Å². The molecule has 4 rings (SSSR count). The van der Waals surface area contributed by atoms with Gasteiger partial charge in [0.1, 0.15) is 0 Å². The predicted molar refractivity (Wildman–Crippen MR) is 85.2 cm³/mol. The third kappa shape index (κ3) is 3.46. The summed E-state index contributed by atoms with van der Waals surface area (Å²) in [6.45, 7) is 7.48. The Morgan fingerprint density at radius 1 is 1.05 bits per heavy atom. The lowest BCUT2D eigenvalue weighted by Crippen LogP contribution is -2.55. The molecule has 4 aliphatic rings. The van der Waals surface area contributed by atoms with E-state index in [0.717, 1.165) is 17.8 Å². The number of aliphatic hydroxyl groups excluding tert-OH is 1. The molecule has 4 saturated carbocycles. The molecule has 3 heteroatoms. The number of hydrogen-bond acceptors (Lipinski definition) is 3. The predicted octanol–water partition coefficient (Wildman–Crippen LogP) is 2.97. The molecular formula is C18H33NO2. The Hall–Kier alpha value is -0.120. The van der Waals surface area contributed by atoms with E-state index in [0.29, 0.717) is 24.6 Å². The van der Waals surface area contributed by atoms with E-state index in [4.69, 9.17) is 4.74 Å². The zero-order valence-electron chi connectivity index (χ0n) is 14.0. The first-order valence-corrected chi connectivity index (χ1v) is 9.00. The zero-order chi connectivity index (χ0) is 15.0. The maximum absolute atomic E-state index is 10.0. The molecule has 2 N–H and O–H groups in total. The molecule has 0 saturated heterocycles. The molecule has 4 bridgehead atoms. The van der Waals surface area contributed by atoms with Gasteiger partial charge in [-0.3, -0.25) is 0 Å². The lowest BCUT2D eigenvalue weighted by molar-refractivity contribution is -0.0730. The Bertz CT molecular complexity index is 320. The molecule has 0 spiro atoms. The van der Waals surface area contributed by atoms with Gasteiger partial charge in [0.05, 0.1) is 18.8 Å². The Kier molecular flexibility index (Phi) is 4.63. The van der Waals surface area contributed by atoms with Crippen LogP contribution < -0.4 is 5.32 Å². The summed E-state index contributed by atoms with van der Waals surface area (Å²) >= 11 is 0. The molecule has 21 heavy (non-hydrogen) atoms. The lowest BCUT2D eigenvalue weighted by atomic mass is 9.48. The van der Waals surface area contributed by atoms with E-state index in [1.165, 1.54) is 38.5 Å². The molecule has 0 radical (unpaired) electrons. The average Bonchev–Trinajstić information content (AvgIpc) is 2.41. The van der Waals surface area contributed by atoms with Crippen molar-refractivity contribution in [2.45, 2.75) is 77.5 Å². The second-order valence-corrected chi connectivity index (χ2v) is 8.45. The summed E-state index contributed by atoms with van der Waals surface area (Å²) in [5.74, 6) is 2.99. The van der Waals surface area contributed by atoms with Crippen molar-refractivity contribution in [3.63, 3.8) is 0 Å². The van der Waals surface area contributed by atoms with Crippen molar-refractivity contribution >= 4 is 0 Å². The van der Waals surface area contributed by atoms with Crippen LogP contribution >= 0.6 is 0 Å². The van der Waals surface area contributed by atoms with Gasteiger partial charge in [0.15, 0.2) is 0 Å². The van der Waals surface area contributed by atoms with Crippen LogP contribution in [0.15, 0.2) is 0 Å². The summed E-state index contributed by atoms with van der Waals surface area (Å²) < 4.78 is 5.50. The van der Waals surface area contributed by atoms with Gasteiger partial charge in [-0.25, -0.2) is 0 Å². The van der Waals surface area contributed by atoms with Gasteiger partial charge in [-0.15, -0.1) is 0 Å². The summed E-state index contributed by atoms with van der Waals surface area (Å²) in [6, 6.07) is 0.527. The van der Waals surface area contributed by atoms with E-state index in [2.05, 4.69) is 12.2 Å². The molecule has 4 aliphatic carbocycles. The minimum atomic E-state index is -0.385. The smallest absolute Gasteiger partial charge is 0.0897 e. The van der Waals surface area contributed by atoms with E-state index in [1.54, 1.807) is 0 Å².